The Morgan fingerprint density at radius 3 is 2.74 bits per heavy atom. The number of aromatic carboxylic acids is 1. The lowest BCUT2D eigenvalue weighted by atomic mass is 10.00. The number of benzene rings is 3. The van der Waals surface area contributed by atoms with Crippen LogP contribution in [0.25, 0.3) is 22.3 Å². The number of hydrogen-bond acceptors (Lipinski definition) is 7. The molecule has 1 aliphatic rings. The van der Waals surface area contributed by atoms with Gasteiger partial charge in [-0.05, 0) is 66.9 Å². The number of ether oxygens (including phenoxy) is 1. The largest absolute Gasteiger partial charge is 0.497 e. The van der Waals surface area contributed by atoms with Crippen molar-refractivity contribution in [1.82, 2.24) is 9.97 Å². The van der Waals surface area contributed by atoms with Crippen LogP contribution in [0.15, 0.2) is 54.6 Å². The zero-order valence-electron chi connectivity index (χ0n) is 18.6. The van der Waals surface area contributed by atoms with Crippen molar-refractivity contribution in [2.45, 2.75) is 12.8 Å². The van der Waals surface area contributed by atoms with Gasteiger partial charge >= 0.3 is 5.97 Å². The Hall–Kier alpha value is -4.46. The quantitative estimate of drug-likeness (QED) is 0.296. The fraction of sp³-hybridized carbons (Fsp3) is 0.154. The summed E-state index contributed by atoms with van der Waals surface area (Å²) in [6, 6.07) is 16.2. The maximum Gasteiger partial charge on any atom is 0.335 e. The second-order valence-corrected chi connectivity index (χ2v) is 8.14. The average Bonchev–Trinajstić information content (AvgIpc) is 2.87. The molecule has 0 bridgehead atoms. The Kier molecular flexibility index (Phi) is 5.33. The monoisotopic (exact) mass is 453 g/mol. The molecule has 0 fully saturated rings. The molecule has 34 heavy (non-hydrogen) atoms. The molecule has 0 aliphatic carbocycles. The number of rotatable bonds is 5. The number of fused-ring (bicyclic) bond motifs is 2. The molecule has 0 saturated carbocycles. The van der Waals surface area contributed by atoms with E-state index in [1.54, 1.807) is 25.3 Å². The molecule has 0 amide bonds. The highest BCUT2D eigenvalue weighted by molar-refractivity contribution is 5.95. The Labute approximate surface area is 196 Å². The van der Waals surface area contributed by atoms with Crippen molar-refractivity contribution in [3.05, 3.63) is 71.3 Å². The van der Waals surface area contributed by atoms with Crippen LogP contribution in [0, 0.1) is 5.41 Å². The highest BCUT2D eigenvalue weighted by Gasteiger charge is 2.25. The van der Waals surface area contributed by atoms with Crippen molar-refractivity contribution >= 4 is 40.4 Å². The number of aromatic nitrogens is 2. The van der Waals surface area contributed by atoms with E-state index >= 15 is 0 Å². The average molecular weight is 454 g/mol. The van der Waals surface area contributed by atoms with Crippen molar-refractivity contribution in [3.63, 3.8) is 0 Å². The lowest BCUT2D eigenvalue weighted by molar-refractivity contribution is 0.0697. The number of nitrogens with one attached hydrogen (secondary N) is 1. The summed E-state index contributed by atoms with van der Waals surface area (Å²) in [4.78, 5) is 23.5. The molecule has 170 valence electrons. The van der Waals surface area contributed by atoms with Crippen molar-refractivity contribution in [2.75, 3.05) is 24.3 Å². The van der Waals surface area contributed by atoms with E-state index in [-0.39, 0.29) is 5.56 Å². The number of carbonyl (C=O) groups is 1. The number of carboxylic acid groups (broad SMARTS) is 1. The summed E-state index contributed by atoms with van der Waals surface area (Å²) in [6.45, 7) is 0.734. The third kappa shape index (κ3) is 3.69. The summed E-state index contributed by atoms with van der Waals surface area (Å²) in [5.41, 5.74) is 11.9. The molecule has 1 aromatic heterocycles. The van der Waals surface area contributed by atoms with Gasteiger partial charge in [0.2, 0.25) is 0 Å². The molecule has 0 spiro atoms. The first-order valence-electron chi connectivity index (χ1n) is 10.9. The molecule has 3 aromatic carbocycles. The Morgan fingerprint density at radius 1 is 1.12 bits per heavy atom. The van der Waals surface area contributed by atoms with Gasteiger partial charge in [0.15, 0.2) is 5.82 Å². The Balaban J connectivity index is 1.76. The van der Waals surface area contributed by atoms with Crippen LogP contribution < -0.4 is 15.4 Å². The third-order valence-electron chi connectivity index (χ3n) is 6.07. The summed E-state index contributed by atoms with van der Waals surface area (Å²) in [5, 5.41) is 17.2. The van der Waals surface area contributed by atoms with E-state index in [2.05, 4.69) is 4.90 Å². The summed E-state index contributed by atoms with van der Waals surface area (Å²) >= 11 is 0. The first-order valence-corrected chi connectivity index (χ1v) is 10.9. The van der Waals surface area contributed by atoms with Gasteiger partial charge in [-0.1, -0.05) is 6.07 Å². The van der Waals surface area contributed by atoms with Gasteiger partial charge in [-0.25, -0.2) is 14.8 Å². The predicted octanol–water partition coefficient (Wildman–Crippen LogP) is 4.67. The first kappa shape index (κ1) is 21.4. The molecule has 5 rings (SSSR count). The van der Waals surface area contributed by atoms with Gasteiger partial charge in [0, 0.05) is 35.3 Å². The van der Waals surface area contributed by atoms with Gasteiger partial charge in [0.25, 0.3) is 0 Å². The van der Waals surface area contributed by atoms with Gasteiger partial charge in [-0.3, -0.25) is 0 Å². The van der Waals surface area contributed by atoms with E-state index in [1.165, 1.54) is 12.3 Å². The van der Waals surface area contributed by atoms with Crippen LogP contribution in [-0.4, -0.2) is 40.9 Å². The van der Waals surface area contributed by atoms with Crippen molar-refractivity contribution in [2.24, 2.45) is 0 Å². The number of methoxy groups -OCH3 is 1. The third-order valence-corrected chi connectivity index (χ3v) is 6.07. The molecular weight excluding hydrogens is 430 g/mol. The lowest BCUT2D eigenvalue weighted by Gasteiger charge is -2.32. The second-order valence-electron chi connectivity index (χ2n) is 8.14. The van der Waals surface area contributed by atoms with E-state index in [4.69, 9.17) is 25.8 Å². The van der Waals surface area contributed by atoms with E-state index in [1.807, 2.05) is 30.3 Å². The van der Waals surface area contributed by atoms with Crippen molar-refractivity contribution < 1.29 is 14.6 Å². The minimum Gasteiger partial charge on any atom is -0.497 e. The summed E-state index contributed by atoms with van der Waals surface area (Å²) in [5.74, 6) is 0.409. The van der Waals surface area contributed by atoms with Gasteiger partial charge in [0.05, 0.1) is 23.7 Å². The smallest absolute Gasteiger partial charge is 0.335 e. The maximum atomic E-state index is 11.5. The minimum atomic E-state index is -1.01. The number of anilines is 3. The minimum absolute atomic E-state index is 0.155. The highest BCUT2D eigenvalue weighted by atomic mass is 16.5. The molecule has 2 heterocycles. The molecular formula is C26H23N5O3. The number of nitrogens with zero attached hydrogens (tertiary/aromatic N) is 3. The molecule has 4 aromatic rings. The molecule has 0 atom stereocenters. The molecule has 0 saturated heterocycles. The van der Waals surface area contributed by atoms with Gasteiger partial charge in [-0.2, -0.15) is 0 Å². The first-order chi connectivity index (χ1) is 16.5. The number of hydrogen-bond donors (Lipinski definition) is 3. The molecule has 0 radical (unpaired) electrons. The summed E-state index contributed by atoms with van der Waals surface area (Å²) in [6.07, 6.45) is 3.05. The molecule has 4 N–H and O–H groups in total. The number of nitrogens with two attached hydrogens (primary N) is 1. The zero-order valence-corrected chi connectivity index (χ0v) is 18.6. The van der Waals surface area contributed by atoms with E-state index in [0.717, 1.165) is 42.0 Å². The molecule has 8 nitrogen and oxygen atoms in total. The highest BCUT2D eigenvalue weighted by Crippen LogP contribution is 2.39. The van der Waals surface area contributed by atoms with Crippen LogP contribution in [0.3, 0.4) is 0 Å². The van der Waals surface area contributed by atoms with E-state index < -0.39 is 5.97 Å². The van der Waals surface area contributed by atoms with Gasteiger partial charge < -0.3 is 25.9 Å². The molecule has 8 heteroatoms. The van der Waals surface area contributed by atoms with Gasteiger partial charge in [-0.15, -0.1) is 0 Å². The van der Waals surface area contributed by atoms with Crippen molar-refractivity contribution in [3.8, 4) is 17.0 Å². The zero-order chi connectivity index (χ0) is 23.8. The lowest BCUT2D eigenvalue weighted by Crippen LogP contribution is -2.26. The fourth-order valence-electron chi connectivity index (χ4n) is 4.33. The summed E-state index contributed by atoms with van der Waals surface area (Å²) in [7, 11) is 1.65. The van der Waals surface area contributed by atoms with Crippen LogP contribution >= 0.6 is 0 Å². The standard InChI is InChI=1S/C26H23N5O3/c1-34-19-6-9-23-15(12-19)3-2-10-31(23)25-24(16-4-7-20(28)18(11-16)14-27)29-21-8-5-17(26(32)33)13-22(21)30-25/h4-9,11-14,27H,2-3,10,28H2,1H3,(H,32,33). The van der Waals surface area contributed by atoms with Crippen LogP contribution in [0.4, 0.5) is 17.2 Å². The van der Waals surface area contributed by atoms with Gasteiger partial charge in [0.1, 0.15) is 11.4 Å². The van der Waals surface area contributed by atoms with E-state index in [9.17, 15) is 9.90 Å². The molecule has 1 aliphatic heterocycles. The molecule has 0 unspecified atom stereocenters. The topological polar surface area (TPSA) is 125 Å². The maximum absolute atomic E-state index is 11.5. The second kappa shape index (κ2) is 8.47. The normalized spacial score (nSPS) is 12.9. The number of carboxylic acids is 1. The van der Waals surface area contributed by atoms with E-state index in [0.29, 0.717) is 33.8 Å². The summed E-state index contributed by atoms with van der Waals surface area (Å²) < 4.78 is 5.41. The Morgan fingerprint density at radius 2 is 1.97 bits per heavy atom. The van der Waals surface area contributed by atoms with Crippen LogP contribution in [-0.2, 0) is 6.42 Å². The van der Waals surface area contributed by atoms with Crippen LogP contribution in [0.1, 0.15) is 27.9 Å². The SMILES string of the molecule is COc1ccc2c(c1)CCCN2c1nc2cc(C(=O)O)ccc2nc1-c1ccc(N)c(C=N)c1. The fourth-order valence-corrected chi connectivity index (χ4v) is 4.33. The van der Waals surface area contributed by atoms with Crippen LogP contribution in [0.5, 0.6) is 5.75 Å². The predicted molar refractivity (Wildman–Crippen MR) is 133 cm³/mol. The number of aryl methyl sites for hydroxylation is 1. The van der Waals surface area contributed by atoms with Crippen LogP contribution in [0.2, 0.25) is 0 Å². The Bertz CT molecular complexity index is 1450. The van der Waals surface area contributed by atoms with Crippen molar-refractivity contribution in [1.29, 1.82) is 5.41 Å². The number of nitrogen functional groups attached to an aromatic ring is 1.